The zero-order valence-electron chi connectivity index (χ0n) is 66.9. The molecule has 3 N–H and O–H groups in total. The van der Waals surface area contributed by atoms with Gasteiger partial charge in [0.1, 0.15) is 19.3 Å². The summed E-state index contributed by atoms with van der Waals surface area (Å²) in [5.41, 5.74) is 0. The monoisotopic (exact) mass is 1550 g/mol. The second-order valence-corrected chi connectivity index (χ2v) is 29.4. The van der Waals surface area contributed by atoms with Crippen molar-refractivity contribution in [2.24, 2.45) is 0 Å². The van der Waals surface area contributed by atoms with Gasteiger partial charge in [0.25, 0.3) is 0 Å². The van der Waals surface area contributed by atoms with Crippen molar-refractivity contribution in [1.29, 1.82) is 0 Å². The van der Waals surface area contributed by atoms with Gasteiger partial charge in [0.05, 0.1) is 26.4 Å². The first-order valence-corrected chi connectivity index (χ1v) is 44.0. The molecule has 17 nitrogen and oxygen atoms in total. The van der Waals surface area contributed by atoms with E-state index in [1.807, 2.05) is 0 Å². The number of unbranched alkanes of at least 4 members (excludes halogenated alkanes) is 19. The number of carbonyl (C=O) groups excluding carboxylic acids is 4. The van der Waals surface area contributed by atoms with Crippen molar-refractivity contribution >= 4 is 39.5 Å². The molecule has 0 aromatic rings. The van der Waals surface area contributed by atoms with Crippen LogP contribution in [-0.2, 0) is 65.4 Å². The van der Waals surface area contributed by atoms with Gasteiger partial charge in [-0.1, -0.05) is 281 Å². The summed E-state index contributed by atoms with van der Waals surface area (Å²) in [6.07, 6.45) is 95.7. The normalized spacial score (nSPS) is 14.8. The van der Waals surface area contributed by atoms with Gasteiger partial charge in [-0.3, -0.25) is 37.3 Å². The molecule has 5 unspecified atom stereocenters. The summed E-state index contributed by atoms with van der Waals surface area (Å²) in [6.45, 7) is 4.32. The molecular weight excluding hydrogens is 1400 g/mol. The number of aliphatic hydroxyl groups excluding tert-OH is 1. The van der Waals surface area contributed by atoms with Crippen molar-refractivity contribution in [3.05, 3.63) is 182 Å². The Morgan fingerprint density at radius 3 is 0.704 bits per heavy atom. The Kier molecular flexibility index (Phi) is 75.0. The van der Waals surface area contributed by atoms with E-state index in [4.69, 9.17) is 37.0 Å². The van der Waals surface area contributed by atoms with Crippen LogP contribution in [0.25, 0.3) is 0 Å². The number of carbonyl (C=O) groups is 4. The highest BCUT2D eigenvalue weighted by Gasteiger charge is 2.30. The van der Waals surface area contributed by atoms with Crippen molar-refractivity contribution in [3.8, 4) is 0 Å². The van der Waals surface area contributed by atoms with E-state index in [0.717, 1.165) is 218 Å². The van der Waals surface area contributed by atoms with E-state index in [1.54, 1.807) is 0 Å². The van der Waals surface area contributed by atoms with E-state index in [-0.39, 0.29) is 25.7 Å². The maximum absolute atomic E-state index is 13.1. The first kappa shape index (κ1) is 102. The highest BCUT2D eigenvalue weighted by atomic mass is 31.2. The molecule has 19 heteroatoms. The van der Waals surface area contributed by atoms with Crippen LogP contribution in [-0.4, -0.2) is 96.7 Å². The second kappa shape index (κ2) is 79.3. The molecule has 0 bridgehead atoms. The lowest BCUT2D eigenvalue weighted by Crippen LogP contribution is -2.30. The zero-order valence-corrected chi connectivity index (χ0v) is 68.7. The molecule has 5 atom stereocenters. The van der Waals surface area contributed by atoms with Crippen LogP contribution in [0.2, 0.25) is 0 Å². The fraction of sp³-hybridized carbons (Fsp3) is 0.618. The third-order valence-corrected chi connectivity index (χ3v) is 18.3. The minimum Gasteiger partial charge on any atom is -0.462 e. The van der Waals surface area contributed by atoms with E-state index in [1.165, 1.54) is 0 Å². The van der Waals surface area contributed by atoms with Crippen LogP contribution in [0, 0.1) is 0 Å². The van der Waals surface area contributed by atoms with Gasteiger partial charge >= 0.3 is 39.5 Å². The second-order valence-electron chi connectivity index (χ2n) is 26.5. The Morgan fingerprint density at radius 1 is 0.259 bits per heavy atom. The predicted molar refractivity (Wildman–Crippen MR) is 445 cm³/mol. The number of rotatable bonds is 75. The molecule has 0 fully saturated rings. The Balaban J connectivity index is 5.46. The van der Waals surface area contributed by atoms with E-state index in [2.05, 4.69) is 210 Å². The molecule has 0 aliphatic heterocycles. The topological polar surface area (TPSA) is 237 Å². The first-order chi connectivity index (χ1) is 52.7. The van der Waals surface area contributed by atoms with Crippen LogP contribution >= 0.6 is 15.6 Å². The third-order valence-electron chi connectivity index (χ3n) is 16.4. The highest BCUT2D eigenvalue weighted by molar-refractivity contribution is 7.47. The number of allylic oxidation sites excluding steroid dienone is 30. The van der Waals surface area contributed by atoms with Gasteiger partial charge in [0.2, 0.25) is 0 Å². The number of hydrogen-bond donors (Lipinski definition) is 3. The highest BCUT2D eigenvalue weighted by Crippen LogP contribution is 2.45. The third kappa shape index (κ3) is 78.3. The fourth-order valence-electron chi connectivity index (χ4n) is 10.3. The van der Waals surface area contributed by atoms with Gasteiger partial charge in [0.15, 0.2) is 12.2 Å². The maximum atomic E-state index is 13.1. The van der Waals surface area contributed by atoms with Crippen molar-refractivity contribution in [3.63, 3.8) is 0 Å². The summed E-state index contributed by atoms with van der Waals surface area (Å²) in [6, 6.07) is 0. The van der Waals surface area contributed by atoms with Gasteiger partial charge < -0.3 is 33.8 Å². The van der Waals surface area contributed by atoms with Gasteiger partial charge in [-0.2, -0.15) is 0 Å². The standard InChI is InChI=1S/C89H144O17P2/c1-5-9-13-17-21-25-29-33-37-40-41-44-47-50-54-58-62-66-70-74-87(92)100-79-84(105-88(93)75-71-67-63-59-55-51-45-36-32-28-24-20-16-12-8-4)81-103-107(95,96)101-77-83(90)78-102-108(97,98)104-82-85(106-89(94)76-72-68-64-60-56-52-48-43-39-35-31-27-23-19-15-11-7-3)80-99-86(91)73-69-65-61-57-53-49-46-42-38-34-30-26-22-18-14-10-6-2/h9-16,21-28,33-39,41,44-46,49-50,54,83-85,90H,5-8,17-20,29-32,40,42-43,47-48,51-53,55-82H2,1-4H3,(H,95,96)(H,97,98)/b13-9-,14-10-,15-11-,16-12-,25-21-,26-22-,27-23-,28-24-,37-33-,38-34-,39-35-,44-41-,45-36-,49-46-,54-50-. The van der Waals surface area contributed by atoms with Gasteiger partial charge in [-0.15, -0.1) is 0 Å². The number of aliphatic hydroxyl groups is 1. The molecule has 0 spiro atoms. The van der Waals surface area contributed by atoms with Crippen molar-refractivity contribution in [1.82, 2.24) is 0 Å². The van der Waals surface area contributed by atoms with Crippen LogP contribution in [0.5, 0.6) is 0 Å². The smallest absolute Gasteiger partial charge is 0.462 e. The quantitative estimate of drug-likeness (QED) is 0.0169. The van der Waals surface area contributed by atoms with Crippen LogP contribution in [0.1, 0.15) is 297 Å². The molecule has 0 aromatic heterocycles. The number of phosphoric acid groups is 2. The van der Waals surface area contributed by atoms with Gasteiger partial charge in [0, 0.05) is 25.7 Å². The Morgan fingerprint density at radius 2 is 0.454 bits per heavy atom. The predicted octanol–water partition coefficient (Wildman–Crippen LogP) is 24.3. The van der Waals surface area contributed by atoms with E-state index >= 15 is 0 Å². The maximum Gasteiger partial charge on any atom is 0.472 e. The Hall–Kier alpha value is -5.84. The summed E-state index contributed by atoms with van der Waals surface area (Å²) >= 11 is 0. The summed E-state index contributed by atoms with van der Waals surface area (Å²) in [7, 11) is -10.0. The molecule has 0 aliphatic rings. The first-order valence-electron chi connectivity index (χ1n) is 41.0. The largest absolute Gasteiger partial charge is 0.472 e. The summed E-state index contributed by atoms with van der Waals surface area (Å²) < 4.78 is 68.7. The molecule has 0 heterocycles. The van der Waals surface area contributed by atoms with Gasteiger partial charge in [-0.25, -0.2) is 9.13 Å². The number of hydrogen-bond acceptors (Lipinski definition) is 15. The minimum atomic E-state index is -5.00. The number of ether oxygens (including phenoxy) is 4. The Labute approximate surface area is 654 Å². The fourth-order valence-corrected chi connectivity index (χ4v) is 11.8. The molecule has 0 aromatic carbocycles. The lowest BCUT2D eigenvalue weighted by molar-refractivity contribution is -0.161. The molecule has 0 amide bonds. The Bertz CT molecular complexity index is 2760. The molecule has 0 saturated heterocycles. The summed E-state index contributed by atoms with van der Waals surface area (Å²) in [5, 5.41) is 10.7. The molecular formula is C89H144O17P2. The van der Waals surface area contributed by atoms with E-state index in [9.17, 15) is 43.2 Å². The van der Waals surface area contributed by atoms with E-state index in [0.29, 0.717) is 25.7 Å². The lowest BCUT2D eigenvalue weighted by atomic mass is 10.1. The molecule has 0 rings (SSSR count). The SMILES string of the molecule is CC/C=C\C/C=C\C/C=C\C/C=C\C/C=C\CCCCCC(=O)OCC(COP(=O)(O)OCC(O)COP(=O)(O)OCC(COC(=O)CCCCCC/C=C\C/C=C\C/C=C\C/C=C\CC)OC(=O)CCCCCCCCC/C=C\C/C=C\C/C=C\CC)OC(=O)CCCCCCC/C=C\C/C=C\C/C=C\CC. The van der Waals surface area contributed by atoms with Crippen molar-refractivity contribution < 1.29 is 80.2 Å². The van der Waals surface area contributed by atoms with Crippen molar-refractivity contribution in [2.45, 2.75) is 316 Å². The van der Waals surface area contributed by atoms with Crippen LogP contribution < -0.4 is 0 Å². The molecule has 0 radical (unpaired) electrons. The summed E-state index contributed by atoms with van der Waals surface area (Å²) in [5.74, 6) is -2.28. The van der Waals surface area contributed by atoms with Crippen LogP contribution in [0.4, 0.5) is 0 Å². The van der Waals surface area contributed by atoms with Crippen molar-refractivity contribution in [2.75, 3.05) is 39.6 Å². The molecule has 612 valence electrons. The molecule has 0 aliphatic carbocycles. The lowest BCUT2D eigenvalue weighted by Gasteiger charge is -2.21. The van der Waals surface area contributed by atoms with Crippen LogP contribution in [0.3, 0.4) is 0 Å². The number of phosphoric ester groups is 2. The zero-order chi connectivity index (χ0) is 78.9. The van der Waals surface area contributed by atoms with Crippen LogP contribution in [0.15, 0.2) is 182 Å². The molecule has 108 heavy (non-hydrogen) atoms. The number of esters is 4. The summed E-state index contributed by atoms with van der Waals surface area (Å²) in [4.78, 5) is 73.2. The average Bonchev–Trinajstić information content (AvgIpc) is 0.901. The van der Waals surface area contributed by atoms with E-state index < -0.39 is 97.5 Å². The minimum absolute atomic E-state index is 0.0605. The average molecular weight is 1550 g/mol. The molecule has 0 saturated carbocycles. The van der Waals surface area contributed by atoms with Gasteiger partial charge in [-0.05, 0) is 173 Å².